The van der Waals surface area contributed by atoms with Crippen LogP contribution in [0.2, 0.25) is 0 Å². The Morgan fingerprint density at radius 1 is 1.07 bits per heavy atom. The molecule has 3 rings (SSSR count). The van der Waals surface area contributed by atoms with Gasteiger partial charge in [0.05, 0.1) is 17.1 Å². The molecule has 1 aromatic heterocycles. The van der Waals surface area contributed by atoms with E-state index in [0.29, 0.717) is 24.6 Å². The van der Waals surface area contributed by atoms with Crippen LogP contribution in [0.1, 0.15) is 52.6 Å². The molecule has 0 bridgehead atoms. The lowest BCUT2D eigenvalue weighted by Crippen LogP contribution is -2.52. The lowest BCUT2D eigenvalue weighted by atomic mass is 10.0. The first-order valence-corrected chi connectivity index (χ1v) is 16.2. The standard InChI is InChI=1S/C30H36F5N5O5S/c1-3-4-8-46(43,44)17-26(38-28(41)25-9-18(2)39-40-25)29(42)45-27(24(36)13-20-11-22(31)14-23(32)12-20)16-37-15-19-6-5-7-21(10-19)30(33,34)35/h5-7,9-12,14,24,26-27,37H,3-4,8,13,15-17,36H2,1-2H3,(H,38,41)(H,39,40)/t24-,26+,27+/m0/s1. The van der Waals surface area contributed by atoms with Gasteiger partial charge in [-0.25, -0.2) is 22.0 Å². The molecular weight excluding hydrogens is 637 g/mol. The number of nitrogens with zero attached hydrogens (tertiary/aromatic N) is 1. The zero-order valence-corrected chi connectivity index (χ0v) is 26.0. The molecule has 0 spiro atoms. The van der Waals surface area contributed by atoms with E-state index in [1.165, 1.54) is 18.2 Å². The third kappa shape index (κ3) is 11.5. The maximum atomic E-state index is 13.8. The molecule has 0 saturated carbocycles. The Kier molecular flexibility index (Phi) is 12.8. The largest absolute Gasteiger partial charge is 0.458 e. The fraction of sp³-hybridized carbons (Fsp3) is 0.433. The van der Waals surface area contributed by atoms with Crippen molar-refractivity contribution >= 4 is 21.7 Å². The van der Waals surface area contributed by atoms with Crippen LogP contribution in [0.3, 0.4) is 0 Å². The number of halogens is 5. The smallest absolute Gasteiger partial charge is 0.416 e. The third-order valence-electron chi connectivity index (χ3n) is 6.83. The van der Waals surface area contributed by atoms with Gasteiger partial charge >= 0.3 is 12.1 Å². The predicted molar refractivity (Wildman–Crippen MR) is 159 cm³/mol. The zero-order valence-electron chi connectivity index (χ0n) is 25.2. The van der Waals surface area contributed by atoms with E-state index in [9.17, 15) is 40.0 Å². The average molecular weight is 674 g/mol. The summed E-state index contributed by atoms with van der Waals surface area (Å²) in [5.74, 6) is -4.80. The Bertz CT molecular complexity index is 1580. The molecule has 1 heterocycles. The van der Waals surface area contributed by atoms with Crippen molar-refractivity contribution in [3.05, 3.63) is 88.2 Å². The normalized spacial score (nSPS) is 14.0. The fourth-order valence-electron chi connectivity index (χ4n) is 4.50. The lowest BCUT2D eigenvalue weighted by molar-refractivity contribution is -0.151. The van der Waals surface area contributed by atoms with Gasteiger partial charge in [-0.05, 0) is 55.2 Å². The van der Waals surface area contributed by atoms with E-state index in [1.54, 1.807) is 13.8 Å². The number of benzene rings is 2. The number of unbranched alkanes of at least 4 members (excludes halogenated alkanes) is 1. The zero-order chi connectivity index (χ0) is 34.1. The summed E-state index contributed by atoms with van der Waals surface area (Å²) in [4.78, 5) is 26.3. The molecule has 16 heteroatoms. The summed E-state index contributed by atoms with van der Waals surface area (Å²) < 4.78 is 98.4. The molecule has 5 N–H and O–H groups in total. The molecule has 1 amide bonds. The number of nitrogens with one attached hydrogen (secondary N) is 3. The van der Waals surface area contributed by atoms with Gasteiger partial charge in [0.1, 0.15) is 29.5 Å². The van der Waals surface area contributed by atoms with Gasteiger partial charge < -0.3 is 21.1 Å². The van der Waals surface area contributed by atoms with Crippen LogP contribution in [-0.4, -0.2) is 66.7 Å². The Labute approximate surface area is 263 Å². The third-order valence-corrected chi connectivity index (χ3v) is 8.58. The van der Waals surface area contributed by atoms with Crippen molar-refractivity contribution in [1.82, 2.24) is 20.8 Å². The van der Waals surface area contributed by atoms with E-state index in [4.69, 9.17) is 10.5 Å². The number of H-pyrrole nitrogens is 1. The minimum atomic E-state index is -4.57. The first-order valence-electron chi connectivity index (χ1n) is 14.4. The summed E-state index contributed by atoms with van der Waals surface area (Å²) in [5, 5.41) is 11.6. The van der Waals surface area contributed by atoms with Crippen LogP contribution in [0, 0.1) is 18.6 Å². The topological polar surface area (TPSA) is 156 Å². The second-order valence-electron chi connectivity index (χ2n) is 10.9. The summed E-state index contributed by atoms with van der Waals surface area (Å²) in [5.41, 5.74) is 6.26. The van der Waals surface area contributed by atoms with Crippen LogP contribution in [0.5, 0.6) is 0 Å². The average Bonchev–Trinajstić information content (AvgIpc) is 3.40. The van der Waals surface area contributed by atoms with Crippen LogP contribution in [0.4, 0.5) is 22.0 Å². The molecule has 0 fully saturated rings. The number of sulfone groups is 1. The van der Waals surface area contributed by atoms with Gasteiger partial charge in [-0.1, -0.05) is 31.5 Å². The van der Waals surface area contributed by atoms with Crippen LogP contribution < -0.4 is 16.4 Å². The van der Waals surface area contributed by atoms with Crippen molar-refractivity contribution < 1.29 is 44.7 Å². The van der Waals surface area contributed by atoms with Gasteiger partial charge in [0, 0.05) is 30.9 Å². The van der Waals surface area contributed by atoms with E-state index < -0.39 is 69.0 Å². The molecule has 0 aliphatic heterocycles. The first kappa shape index (κ1) is 36.6. The number of aryl methyl sites for hydroxylation is 1. The number of hydrogen-bond acceptors (Lipinski definition) is 8. The summed E-state index contributed by atoms with van der Waals surface area (Å²) >= 11 is 0. The number of esters is 1. The molecule has 3 atom stereocenters. The lowest BCUT2D eigenvalue weighted by Gasteiger charge is -2.27. The Hall–Kier alpha value is -3.89. The number of carbonyl (C=O) groups excluding carboxylic acids is 2. The number of amides is 1. The van der Waals surface area contributed by atoms with Gasteiger partial charge in [0.25, 0.3) is 5.91 Å². The van der Waals surface area contributed by atoms with Crippen molar-refractivity contribution in [2.45, 2.75) is 64.0 Å². The molecule has 252 valence electrons. The highest BCUT2D eigenvalue weighted by atomic mass is 32.2. The first-order chi connectivity index (χ1) is 21.6. The van der Waals surface area contributed by atoms with Gasteiger partial charge in [-0.3, -0.25) is 9.89 Å². The van der Waals surface area contributed by atoms with Gasteiger partial charge in [-0.15, -0.1) is 0 Å². The Balaban J connectivity index is 1.84. The highest BCUT2D eigenvalue weighted by Crippen LogP contribution is 2.29. The maximum absolute atomic E-state index is 13.8. The number of alkyl halides is 3. The maximum Gasteiger partial charge on any atom is 0.416 e. The van der Waals surface area contributed by atoms with E-state index in [2.05, 4.69) is 20.8 Å². The van der Waals surface area contributed by atoms with E-state index >= 15 is 0 Å². The van der Waals surface area contributed by atoms with Crippen LogP contribution in [-0.2, 0) is 38.5 Å². The second kappa shape index (κ2) is 16.1. The van der Waals surface area contributed by atoms with Crippen molar-refractivity contribution in [3.63, 3.8) is 0 Å². The minimum absolute atomic E-state index is 0.106. The Morgan fingerprint density at radius 2 is 1.76 bits per heavy atom. The Morgan fingerprint density at radius 3 is 2.37 bits per heavy atom. The van der Waals surface area contributed by atoms with Gasteiger partial charge in [0.2, 0.25) is 0 Å². The van der Waals surface area contributed by atoms with Crippen LogP contribution in [0.15, 0.2) is 48.5 Å². The van der Waals surface area contributed by atoms with E-state index in [0.717, 1.165) is 24.3 Å². The quantitative estimate of drug-likeness (QED) is 0.133. The van der Waals surface area contributed by atoms with Crippen molar-refractivity contribution in [2.24, 2.45) is 5.73 Å². The molecule has 0 radical (unpaired) electrons. The van der Waals surface area contributed by atoms with Gasteiger partial charge in [0.15, 0.2) is 9.84 Å². The summed E-state index contributed by atoms with van der Waals surface area (Å²) in [6, 6.07) is 5.84. The fourth-order valence-corrected chi connectivity index (χ4v) is 6.12. The van der Waals surface area contributed by atoms with E-state index in [-0.39, 0.29) is 42.1 Å². The molecule has 0 aliphatic carbocycles. The summed E-state index contributed by atoms with van der Waals surface area (Å²) in [6.45, 7) is 3.06. The molecule has 2 aromatic carbocycles. The second-order valence-corrected chi connectivity index (χ2v) is 13.1. The van der Waals surface area contributed by atoms with Crippen molar-refractivity contribution in [2.75, 3.05) is 18.1 Å². The summed E-state index contributed by atoms with van der Waals surface area (Å²) in [6.07, 6.45) is -5.18. The number of ether oxygens (including phenoxy) is 1. The van der Waals surface area contributed by atoms with Gasteiger partial charge in [-0.2, -0.15) is 18.3 Å². The monoisotopic (exact) mass is 673 g/mol. The van der Waals surface area contributed by atoms with E-state index in [1.807, 2.05) is 0 Å². The number of carbonyl (C=O) groups is 2. The van der Waals surface area contributed by atoms with Crippen LogP contribution >= 0.6 is 0 Å². The molecule has 0 unspecified atom stereocenters. The number of hydrogen-bond donors (Lipinski definition) is 4. The molecule has 10 nitrogen and oxygen atoms in total. The highest BCUT2D eigenvalue weighted by Gasteiger charge is 2.33. The number of nitrogens with two attached hydrogens (primary N) is 1. The number of aromatic amines is 1. The molecule has 0 saturated heterocycles. The predicted octanol–water partition coefficient (Wildman–Crippen LogP) is 3.60. The minimum Gasteiger partial charge on any atom is -0.458 e. The number of rotatable bonds is 16. The molecule has 3 aromatic rings. The van der Waals surface area contributed by atoms with Crippen LogP contribution in [0.25, 0.3) is 0 Å². The highest BCUT2D eigenvalue weighted by molar-refractivity contribution is 7.91. The number of aromatic nitrogens is 2. The van der Waals surface area contributed by atoms with Crippen molar-refractivity contribution in [1.29, 1.82) is 0 Å². The molecular formula is C30H36F5N5O5S. The molecule has 46 heavy (non-hydrogen) atoms. The molecule has 0 aliphatic rings. The summed E-state index contributed by atoms with van der Waals surface area (Å²) in [7, 11) is -3.86. The van der Waals surface area contributed by atoms with Crippen molar-refractivity contribution in [3.8, 4) is 0 Å². The SMILES string of the molecule is CCCCS(=O)(=O)C[C@@H](NC(=O)c1cc(C)[nH]n1)C(=O)O[C@H](CNCc1cccc(C(F)(F)F)c1)[C@@H](N)Cc1cc(F)cc(F)c1.